The highest BCUT2D eigenvalue weighted by Crippen LogP contribution is 2.15. The van der Waals surface area contributed by atoms with E-state index in [1.807, 2.05) is 20.2 Å². The van der Waals surface area contributed by atoms with Crippen molar-refractivity contribution in [3.63, 3.8) is 0 Å². The summed E-state index contributed by atoms with van der Waals surface area (Å²) in [5, 5.41) is 2.39. The lowest BCUT2D eigenvalue weighted by atomic mass is 10.2. The van der Waals surface area contributed by atoms with Gasteiger partial charge >= 0.3 is 5.69 Å². The smallest absolute Gasteiger partial charge is 0.328 e. The zero-order valence-corrected chi connectivity index (χ0v) is 10.3. The Labute approximate surface area is 99.9 Å². The van der Waals surface area contributed by atoms with Gasteiger partial charge in [-0.2, -0.15) is 0 Å². The van der Waals surface area contributed by atoms with E-state index in [0.29, 0.717) is 0 Å². The molecule has 1 aliphatic rings. The van der Waals surface area contributed by atoms with Crippen LogP contribution in [-0.2, 0) is 20.6 Å². The number of rotatable bonds is 3. The van der Waals surface area contributed by atoms with E-state index in [1.165, 1.54) is 18.4 Å². The molecule has 4 nitrogen and oxygen atoms in total. The topological polar surface area (TPSA) is 43.5 Å². The molecule has 0 amide bonds. The number of quaternary nitrogens is 1. The molecule has 0 spiro atoms. The molecule has 1 aromatic heterocycles. The first-order chi connectivity index (χ1) is 8.16. The van der Waals surface area contributed by atoms with Gasteiger partial charge in [0.25, 0.3) is 0 Å². The summed E-state index contributed by atoms with van der Waals surface area (Å²) in [7, 11) is 3.65. The Hall–Kier alpha value is -1.55. The lowest BCUT2D eigenvalue weighted by Gasteiger charge is -2.01. The Kier molecular flexibility index (Phi) is 2.33. The van der Waals surface area contributed by atoms with Crippen LogP contribution < -0.4 is 11.0 Å². The highest BCUT2D eigenvalue weighted by atomic mass is 16.1. The van der Waals surface area contributed by atoms with Crippen LogP contribution >= 0.6 is 0 Å². The lowest BCUT2D eigenvalue weighted by Crippen LogP contribution is -2.84. The molecule has 17 heavy (non-hydrogen) atoms. The molecule has 0 saturated heterocycles. The van der Waals surface area contributed by atoms with Gasteiger partial charge in [-0.1, -0.05) is 6.07 Å². The monoisotopic (exact) mass is 232 g/mol. The van der Waals surface area contributed by atoms with Gasteiger partial charge in [0.15, 0.2) is 0 Å². The summed E-state index contributed by atoms with van der Waals surface area (Å²) < 4.78 is 3.42. The van der Waals surface area contributed by atoms with E-state index in [2.05, 4.69) is 17.4 Å². The molecule has 90 valence electrons. The average Bonchev–Trinajstić information content (AvgIpc) is 3.14. The zero-order chi connectivity index (χ0) is 12.0. The van der Waals surface area contributed by atoms with Gasteiger partial charge < -0.3 is 5.32 Å². The quantitative estimate of drug-likeness (QED) is 0.801. The largest absolute Gasteiger partial charge is 0.340 e. The number of aromatic nitrogens is 2. The van der Waals surface area contributed by atoms with Crippen molar-refractivity contribution in [2.24, 2.45) is 14.1 Å². The third-order valence-electron chi connectivity index (χ3n) is 3.65. The first-order valence-electron chi connectivity index (χ1n) is 6.14. The summed E-state index contributed by atoms with van der Waals surface area (Å²) in [6.45, 7) is 1.02. The van der Waals surface area contributed by atoms with E-state index in [1.54, 1.807) is 9.13 Å². The number of aryl methyl sites for hydroxylation is 2. The van der Waals surface area contributed by atoms with Gasteiger partial charge in [0, 0.05) is 32.5 Å². The fourth-order valence-corrected chi connectivity index (χ4v) is 2.31. The minimum Gasteiger partial charge on any atom is -0.340 e. The Morgan fingerprint density at radius 2 is 1.94 bits per heavy atom. The van der Waals surface area contributed by atoms with Crippen LogP contribution in [0.2, 0.25) is 0 Å². The Balaban J connectivity index is 1.99. The molecule has 1 aliphatic carbocycles. The number of hydrogen-bond acceptors (Lipinski definition) is 1. The Morgan fingerprint density at radius 3 is 2.65 bits per heavy atom. The predicted molar refractivity (Wildman–Crippen MR) is 66.8 cm³/mol. The molecule has 3 rings (SSSR count). The molecule has 0 aliphatic heterocycles. The molecule has 1 saturated carbocycles. The van der Waals surface area contributed by atoms with Crippen LogP contribution in [-0.4, -0.2) is 15.2 Å². The van der Waals surface area contributed by atoms with E-state index >= 15 is 0 Å². The van der Waals surface area contributed by atoms with Crippen LogP contribution in [0.25, 0.3) is 11.0 Å². The van der Waals surface area contributed by atoms with Gasteiger partial charge in [-0.05, 0) is 12.1 Å². The third-order valence-corrected chi connectivity index (χ3v) is 3.65. The summed E-state index contributed by atoms with van der Waals surface area (Å²) in [5.74, 6) is 0. The standard InChI is InChI=1S/C13H17N3O/c1-15-11-6-3-9(8-14-10-4-5-10)7-12(11)16(2)13(15)17/h3,6-7,10,14H,4-5,8H2,1-2H3/p+1. The molecule has 0 radical (unpaired) electrons. The van der Waals surface area contributed by atoms with E-state index in [4.69, 9.17) is 0 Å². The SMILES string of the molecule is Cn1c(=O)n(C)c2cc(C[NH2+]C3CC3)ccc21. The number of nitrogens with two attached hydrogens (primary N) is 1. The molecule has 1 aromatic carbocycles. The minimum absolute atomic E-state index is 0.0447. The van der Waals surface area contributed by atoms with Crippen LogP contribution in [0, 0.1) is 0 Å². The van der Waals surface area contributed by atoms with Crippen molar-refractivity contribution in [2.75, 3.05) is 0 Å². The van der Waals surface area contributed by atoms with Gasteiger partial charge in [-0.3, -0.25) is 9.13 Å². The van der Waals surface area contributed by atoms with E-state index in [-0.39, 0.29) is 5.69 Å². The van der Waals surface area contributed by atoms with Crippen molar-refractivity contribution in [3.8, 4) is 0 Å². The Morgan fingerprint density at radius 1 is 1.24 bits per heavy atom. The van der Waals surface area contributed by atoms with Crippen molar-refractivity contribution in [1.29, 1.82) is 0 Å². The summed E-state index contributed by atoms with van der Waals surface area (Å²) in [6.07, 6.45) is 2.71. The van der Waals surface area contributed by atoms with Gasteiger partial charge in [-0.15, -0.1) is 0 Å². The second kappa shape index (κ2) is 3.74. The van der Waals surface area contributed by atoms with Crippen LogP contribution in [0.3, 0.4) is 0 Å². The summed E-state index contributed by atoms with van der Waals surface area (Å²) in [4.78, 5) is 11.8. The van der Waals surface area contributed by atoms with E-state index in [9.17, 15) is 4.79 Å². The highest BCUT2D eigenvalue weighted by molar-refractivity contribution is 5.76. The zero-order valence-electron chi connectivity index (χ0n) is 10.3. The maximum absolute atomic E-state index is 11.8. The minimum atomic E-state index is 0.0447. The molecular weight excluding hydrogens is 214 g/mol. The van der Waals surface area contributed by atoms with E-state index in [0.717, 1.165) is 23.6 Å². The van der Waals surface area contributed by atoms with Crippen LogP contribution in [0.15, 0.2) is 23.0 Å². The lowest BCUT2D eigenvalue weighted by molar-refractivity contribution is -0.683. The second-order valence-corrected chi connectivity index (χ2v) is 5.00. The van der Waals surface area contributed by atoms with Crippen molar-refractivity contribution < 1.29 is 5.32 Å². The summed E-state index contributed by atoms with van der Waals surface area (Å²) in [6, 6.07) is 7.15. The number of nitrogens with zero attached hydrogens (tertiary/aromatic N) is 2. The first-order valence-corrected chi connectivity index (χ1v) is 6.14. The molecule has 1 heterocycles. The maximum Gasteiger partial charge on any atom is 0.328 e. The number of benzene rings is 1. The van der Waals surface area contributed by atoms with Crippen molar-refractivity contribution in [3.05, 3.63) is 34.2 Å². The second-order valence-electron chi connectivity index (χ2n) is 5.00. The normalized spacial score (nSPS) is 15.6. The third kappa shape index (κ3) is 1.78. The van der Waals surface area contributed by atoms with Crippen molar-refractivity contribution in [1.82, 2.24) is 9.13 Å². The van der Waals surface area contributed by atoms with Gasteiger partial charge in [-0.25, -0.2) is 4.79 Å². The Bertz CT molecular complexity index is 619. The molecular formula is C13H18N3O+. The summed E-state index contributed by atoms with van der Waals surface area (Å²) >= 11 is 0. The fraction of sp³-hybridized carbons (Fsp3) is 0.462. The van der Waals surface area contributed by atoms with Crippen molar-refractivity contribution >= 4 is 11.0 Å². The molecule has 1 fully saturated rings. The highest BCUT2D eigenvalue weighted by Gasteiger charge is 2.24. The number of imidazole rings is 1. The van der Waals surface area contributed by atoms with Crippen molar-refractivity contribution in [2.45, 2.75) is 25.4 Å². The number of fused-ring (bicyclic) bond motifs is 1. The number of hydrogen-bond donors (Lipinski definition) is 1. The van der Waals surface area contributed by atoms with Crippen LogP contribution in [0.4, 0.5) is 0 Å². The molecule has 4 heteroatoms. The first kappa shape index (κ1) is 10.6. The van der Waals surface area contributed by atoms with Crippen LogP contribution in [0.5, 0.6) is 0 Å². The fourth-order valence-electron chi connectivity index (χ4n) is 2.31. The molecule has 2 aromatic rings. The van der Waals surface area contributed by atoms with Gasteiger partial charge in [0.1, 0.15) is 6.54 Å². The average molecular weight is 232 g/mol. The molecule has 0 atom stereocenters. The molecule has 0 bridgehead atoms. The summed E-state index contributed by atoms with van der Waals surface area (Å²) in [5.41, 5.74) is 3.38. The van der Waals surface area contributed by atoms with E-state index < -0.39 is 0 Å². The van der Waals surface area contributed by atoms with Crippen LogP contribution in [0.1, 0.15) is 18.4 Å². The molecule has 2 N–H and O–H groups in total. The van der Waals surface area contributed by atoms with Gasteiger partial charge in [0.2, 0.25) is 0 Å². The van der Waals surface area contributed by atoms with Gasteiger partial charge in [0.05, 0.1) is 17.1 Å². The predicted octanol–water partition coefficient (Wildman–Crippen LogP) is 0.103. The molecule has 0 unspecified atom stereocenters. The maximum atomic E-state index is 11.8.